The summed E-state index contributed by atoms with van der Waals surface area (Å²) in [5.41, 5.74) is 0.358. The molecule has 3 heterocycles. The highest BCUT2D eigenvalue weighted by Crippen LogP contribution is 2.53. The lowest BCUT2D eigenvalue weighted by molar-refractivity contribution is -0.136. The number of hydrogen-bond acceptors (Lipinski definition) is 3. The van der Waals surface area contributed by atoms with Crippen LogP contribution < -0.4 is 5.32 Å². The molecule has 1 saturated carbocycles. The Labute approximate surface area is 89.6 Å². The molecule has 0 aromatic rings. The third kappa shape index (κ3) is 1.39. The van der Waals surface area contributed by atoms with Crippen LogP contribution in [0.25, 0.3) is 0 Å². The van der Waals surface area contributed by atoms with Gasteiger partial charge in [-0.1, -0.05) is 0 Å². The Hall–Kier alpha value is -0.610. The maximum absolute atomic E-state index is 10.6. The van der Waals surface area contributed by atoms with Crippen LogP contribution in [0.5, 0.6) is 0 Å². The SMILES string of the molecule is O=C(O)CNC1C2CCN(CC2)C12CC2. The number of nitrogens with zero attached hydrogens (tertiary/aromatic N) is 1. The molecule has 15 heavy (non-hydrogen) atoms. The number of carbonyl (C=O) groups is 1. The maximum Gasteiger partial charge on any atom is 0.317 e. The van der Waals surface area contributed by atoms with E-state index in [4.69, 9.17) is 5.11 Å². The topological polar surface area (TPSA) is 52.6 Å². The molecular formula is C11H18N2O2. The van der Waals surface area contributed by atoms with Crippen LogP contribution in [-0.2, 0) is 4.79 Å². The van der Waals surface area contributed by atoms with Crippen LogP contribution in [0.4, 0.5) is 0 Å². The van der Waals surface area contributed by atoms with Crippen molar-refractivity contribution < 1.29 is 9.90 Å². The van der Waals surface area contributed by atoms with Crippen molar-refractivity contribution in [1.29, 1.82) is 0 Å². The van der Waals surface area contributed by atoms with Crippen molar-refractivity contribution in [3.05, 3.63) is 0 Å². The van der Waals surface area contributed by atoms with Crippen LogP contribution in [0.1, 0.15) is 25.7 Å². The van der Waals surface area contributed by atoms with E-state index in [1.807, 2.05) is 0 Å². The minimum atomic E-state index is -0.734. The van der Waals surface area contributed by atoms with Gasteiger partial charge >= 0.3 is 5.97 Å². The van der Waals surface area contributed by atoms with Crippen molar-refractivity contribution >= 4 is 5.97 Å². The Morgan fingerprint density at radius 1 is 1.40 bits per heavy atom. The summed E-state index contributed by atoms with van der Waals surface area (Å²) >= 11 is 0. The monoisotopic (exact) mass is 210 g/mol. The zero-order chi connectivity index (χ0) is 10.5. The van der Waals surface area contributed by atoms with Gasteiger partial charge in [-0.3, -0.25) is 9.69 Å². The van der Waals surface area contributed by atoms with E-state index in [-0.39, 0.29) is 6.54 Å². The summed E-state index contributed by atoms with van der Waals surface area (Å²) in [5.74, 6) is -0.0147. The van der Waals surface area contributed by atoms with Crippen LogP contribution in [0.2, 0.25) is 0 Å². The van der Waals surface area contributed by atoms with Gasteiger partial charge in [0.2, 0.25) is 0 Å². The Bertz CT molecular complexity index is 280. The Morgan fingerprint density at radius 2 is 2.07 bits per heavy atom. The number of piperidine rings is 3. The van der Waals surface area contributed by atoms with Crippen molar-refractivity contribution in [2.24, 2.45) is 5.92 Å². The largest absolute Gasteiger partial charge is 0.480 e. The Balaban J connectivity index is 1.73. The molecule has 0 aromatic carbocycles. The molecule has 0 radical (unpaired) electrons. The quantitative estimate of drug-likeness (QED) is 0.703. The summed E-state index contributed by atoms with van der Waals surface area (Å²) in [7, 11) is 0. The van der Waals surface area contributed by atoms with Crippen LogP contribution in [0.3, 0.4) is 0 Å². The second kappa shape index (κ2) is 3.19. The zero-order valence-corrected chi connectivity index (χ0v) is 8.91. The molecule has 0 amide bonds. The summed E-state index contributed by atoms with van der Waals surface area (Å²) in [4.78, 5) is 13.2. The lowest BCUT2D eigenvalue weighted by atomic mass is 9.77. The molecule has 2 N–H and O–H groups in total. The molecule has 4 aliphatic rings. The number of carboxylic acid groups (broad SMARTS) is 1. The molecule has 4 heteroatoms. The molecule has 3 saturated heterocycles. The Morgan fingerprint density at radius 3 is 2.60 bits per heavy atom. The van der Waals surface area contributed by atoms with Crippen molar-refractivity contribution in [2.75, 3.05) is 19.6 Å². The van der Waals surface area contributed by atoms with E-state index in [9.17, 15) is 4.79 Å². The van der Waals surface area contributed by atoms with Gasteiger partial charge < -0.3 is 10.4 Å². The van der Waals surface area contributed by atoms with Gasteiger partial charge in [-0.05, 0) is 44.7 Å². The van der Waals surface area contributed by atoms with Gasteiger partial charge in [0.15, 0.2) is 0 Å². The van der Waals surface area contributed by atoms with E-state index in [2.05, 4.69) is 10.2 Å². The van der Waals surface area contributed by atoms with Gasteiger partial charge in [-0.15, -0.1) is 0 Å². The highest BCUT2D eigenvalue weighted by molar-refractivity contribution is 5.69. The summed E-state index contributed by atoms with van der Waals surface area (Å²) in [5, 5.41) is 12.0. The number of aliphatic carboxylic acids is 1. The summed E-state index contributed by atoms with van der Waals surface area (Å²) in [6, 6.07) is 0.441. The third-order valence-corrected chi connectivity index (χ3v) is 4.46. The number of nitrogens with one attached hydrogen (secondary N) is 1. The fourth-order valence-corrected chi connectivity index (χ4v) is 3.62. The van der Waals surface area contributed by atoms with Gasteiger partial charge in [0.1, 0.15) is 0 Å². The molecule has 1 spiro atoms. The van der Waals surface area contributed by atoms with E-state index in [1.54, 1.807) is 0 Å². The average Bonchev–Trinajstić information content (AvgIpc) is 2.99. The highest BCUT2D eigenvalue weighted by Gasteiger charge is 2.60. The maximum atomic E-state index is 10.6. The number of carboxylic acids is 1. The predicted octanol–water partition coefficient (Wildman–Crippen LogP) is 0.287. The zero-order valence-electron chi connectivity index (χ0n) is 8.91. The second-order valence-electron chi connectivity index (χ2n) is 5.18. The molecule has 1 atom stereocenters. The third-order valence-electron chi connectivity index (χ3n) is 4.46. The molecule has 3 aliphatic heterocycles. The standard InChI is InChI=1S/C11H18N2O2/c14-9(15)7-12-10-8-1-5-13(6-2-8)11(10)3-4-11/h8,10,12H,1-7H2,(H,14,15). The second-order valence-corrected chi connectivity index (χ2v) is 5.18. The van der Waals surface area contributed by atoms with Crippen molar-refractivity contribution in [2.45, 2.75) is 37.3 Å². The summed E-state index contributed by atoms with van der Waals surface area (Å²) < 4.78 is 0. The van der Waals surface area contributed by atoms with Crippen LogP contribution >= 0.6 is 0 Å². The smallest absolute Gasteiger partial charge is 0.317 e. The normalized spacial score (nSPS) is 40.7. The Kier molecular flexibility index (Phi) is 2.04. The minimum Gasteiger partial charge on any atom is -0.480 e. The molecule has 2 bridgehead atoms. The van der Waals surface area contributed by atoms with E-state index < -0.39 is 5.97 Å². The first-order valence-electron chi connectivity index (χ1n) is 5.93. The molecule has 4 nitrogen and oxygen atoms in total. The van der Waals surface area contributed by atoms with E-state index >= 15 is 0 Å². The number of hydrogen-bond donors (Lipinski definition) is 2. The van der Waals surface area contributed by atoms with Crippen LogP contribution in [0, 0.1) is 5.92 Å². The molecule has 1 unspecified atom stereocenters. The van der Waals surface area contributed by atoms with Gasteiger partial charge in [0.25, 0.3) is 0 Å². The molecule has 84 valence electrons. The molecular weight excluding hydrogens is 192 g/mol. The lowest BCUT2D eigenvalue weighted by Crippen LogP contribution is -2.64. The van der Waals surface area contributed by atoms with Crippen LogP contribution in [0.15, 0.2) is 0 Å². The summed E-state index contributed by atoms with van der Waals surface area (Å²) in [6.07, 6.45) is 5.03. The van der Waals surface area contributed by atoms with Crippen molar-refractivity contribution in [3.8, 4) is 0 Å². The van der Waals surface area contributed by atoms with Gasteiger partial charge in [-0.2, -0.15) is 0 Å². The fourth-order valence-electron chi connectivity index (χ4n) is 3.62. The molecule has 0 aromatic heterocycles. The van der Waals surface area contributed by atoms with E-state index in [0.29, 0.717) is 11.6 Å². The minimum absolute atomic E-state index is 0.122. The number of rotatable bonds is 3. The first-order chi connectivity index (χ1) is 7.22. The molecule has 4 rings (SSSR count). The highest BCUT2D eigenvalue weighted by atomic mass is 16.4. The number of fused-ring (bicyclic) bond motifs is 2. The first-order valence-corrected chi connectivity index (χ1v) is 5.93. The lowest BCUT2D eigenvalue weighted by Gasteiger charge is -2.52. The summed E-state index contributed by atoms with van der Waals surface area (Å²) in [6.45, 7) is 2.59. The van der Waals surface area contributed by atoms with E-state index in [1.165, 1.54) is 38.8 Å². The van der Waals surface area contributed by atoms with Gasteiger partial charge in [-0.25, -0.2) is 0 Å². The first kappa shape index (κ1) is 9.60. The molecule has 4 fully saturated rings. The van der Waals surface area contributed by atoms with Gasteiger partial charge in [0.05, 0.1) is 6.54 Å². The predicted molar refractivity (Wildman–Crippen MR) is 55.7 cm³/mol. The fraction of sp³-hybridized carbons (Fsp3) is 0.909. The van der Waals surface area contributed by atoms with Crippen molar-refractivity contribution in [3.63, 3.8) is 0 Å². The van der Waals surface area contributed by atoms with E-state index in [0.717, 1.165) is 5.92 Å². The van der Waals surface area contributed by atoms with Crippen LogP contribution in [-0.4, -0.2) is 47.2 Å². The average molecular weight is 210 g/mol. The molecule has 1 aliphatic carbocycles. The van der Waals surface area contributed by atoms with Crippen molar-refractivity contribution in [1.82, 2.24) is 10.2 Å². The van der Waals surface area contributed by atoms with Gasteiger partial charge in [0, 0.05) is 11.6 Å².